The highest BCUT2D eigenvalue weighted by atomic mass is 35.5. The normalized spacial score (nSPS) is 16.5. The molecule has 1 aromatic carbocycles. The summed E-state index contributed by atoms with van der Waals surface area (Å²) in [7, 11) is 0. The van der Waals surface area contributed by atoms with E-state index in [2.05, 4.69) is 28.6 Å². The van der Waals surface area contributed by atoms with Crippen LogP contribution in [-0.4, -0.2) is 25.6 Å². The number of aromatic nitrogens is 4. The van der Waals surface area contributed by atoms with E-state index in [4.69, 9.17) is 16.7 Å². The zero-order valence-electron chi connectivity index (χ0n) is 15.2. The number of hydrogen-bond donors (Lipinski definition) is 0. The minimum absolute atomic E-state index is 0.0342. The Balaban J connectivity index is 1.72. The van der Waals surface area contributed by atoms with Crippen LogP contribution in [0.1, 0.15) is 46.0 Å². The number of ketones is 1. The van der Waals surface area contributed by atoms with Gasteiger partial charge < -0.3 is 0 Å². The maximum Gasteiger partial charge on any atom is 0.185 e. The van der Waals surface area contributed by atoms with Gasteiger partial charge in [-0.25, -0.2) is 4.52 Å². The van der Waals surface area contributed by atoms with Gasteiger partial charge in [0.2, 0.25) is 0 Å². The van der Waals surface area contributed by atoms with Crippen molar-refractivity contribution in [2.24, 2.45) is 0 Å². The van der Waals surface area contributed by atoms with E-state index in [9.17, 15) is 4.79 Å². The molecule has 0 bridgehead atoms. The molecule has 3 aromatic heterocycles. The standard InChI is InChI=1S/C21H17ClN4OS/c1-2-15-19(12-5-3-6-14(22)9-12)21-24-23-20-16(26(21)25-15)10-13(11-17(20)27)18-7-4-8-28-18/h3-9,13H,2,10-11H2,1H3/t13-/m0/s1. The Labute approximate surface area is 171 Å². The molecular formula is C21H17ClN4OS. The first-order valence-electron chi connectivity index (χ1n) is 9.25. The van der Waals surface area contributed by atoms with E-state index in [1.54, 1.807) is 11.3 Å². The lowest BCUT2D eigenvalue weighted by molar-refractivity contribution is 0.0956. The van der Waals surface area contributed by atoms with E-state index in [1.807, 2.05) is 34.8 Å². The van der Waals surface area contributed by atoms with Crippen LogP contribution in [0.5, 0.6) is 0 Å². The van der Waals surface area contributed by atoms with Gasteiger partial charge in [0.15, 0.2) is 17.1 Å². The molecule has 7 heteroatoms. The molecule has 4 aromatic rings. The summed E-state index contributed by atoms with van der Waals surface area (Å²) < 4.78 is 1.83. The summed E-state index contributed by atoms with van der Waals surface area (Å²) in [6.45, 7) is 2.06. The highest BCUT2D eigenvalue weighted by Crippen LogP contribution is 2.36. The second-order valence-corrected chi connectivity index (χ2v) is 8.38. The number of aryl methyl sites for hydroxylation is 1. The van der Waals surface area contributed by atoms with Gasteiger partial charge in [-0.2, -0.15) is 5.10 Å². The molecule has 0 amide bonds. The number of fused-ring (bicyclic) bond motifs is 3. The predicted octanol–water partition coefficient (Wildman–Crippen LogP) is 4.98. The molecule has 0 spiro atoms. The fourth-order valence-corrected chi connectivity index (χ4v) is 4.95. The number of carbonyl (C=O) groups excluding carboxylic acids is 1. The molecular weight excluding hydrogens is 392 g/mol. The summed E-state index contributed by atoms with van der Waals surface area (Å²) in [4.78, 5) is 14.0. The van der Waals surface area contributed by atoms with Gasteiger partial charge in [0.1, 0.15) is 0 Å². The molecule has 0 fully saturated rings. The predicted molar refractivity (Wildman–Crippen MR) is 110 cm³/mol. The van der Waals surface area contributed by atoms with Gasteiger partial charge in [0, 0.05) is 28.7 Å². The molecule has 0 saturated carbocycles. The maximum absolute atomic E-state index is 12.8. The fraction of sp³-hybridized carbons (Fsp3) is 0.238. The van der Waals surface area contributed by atoms with Crippen LogP contribution in [0.25, 0.3) is 16.8 Å². The SMILES string of the molecule is CCc1nn2c3c(nnc2c1-c1cccc(Cl)c1)C(=O)C[C@@H](c1cccs1)C3. The van der Waals surface area contributed by atoms with Gasteiger partial charge in [0.25, 0.3) is 0 Å². The number of rotatable bonds is 3. The quantitative estimate of drug-likeness (QED) is 0.479. The third kappa shape index (κ3) is 2.75. The molecule has 1 aliphatic carbocycles. The number of hydrogen-bond acceptors (Lipinski definition) is 5. The third-order valence-corrected chi connectivity index (χ3v) is 6.51. The van der Waals surface area contributed by atoms with E-state index >= 15 is 0 Å². The molecule has 5 nitrogen and oxygen atoms in total. The van der Waals surface area contributed by atoms with Crippen molar-refractivity contribution in [3.05, 3.63) is 68.8 Å². The van der Waals surface area contributed by atoms with Crippen LogP contribution in [0.4, 0.5) is 0 Å². The Morgan fingerprint density at radius 2 is 2.11 bits per heavy atom. The summed E-state index contributed by atoms with van der Waals surface area (Å²) in [6, 6.07) is 11.8. The molecule has 0 N–H and O–H groups in total. The first kappa shape index (κ1) is 17.5. The molecule has 1 atom stereocenters. The van der Waals surface area contributed by atoms with Crippen molar-refractivity contribution in [1.82, 2.24) is 19.8 Å². The van der Waals surface area contributed by atoms with Gasteiger partial charge in [-0.3, -0.25) is 4.79 Å². The monoisotopic (exact) mass is 408 g/mol. The zero-order chi connectivity index (χ0) is 19.3. The minimum atomic E-state index is 0.0342. The van der Waals surface area contributed by atoms with Gasteiger partial charge in [-0.05, 0) is 35.6 Å². The summed E-state index contributed by atoms with van der Waals surface area (Å²) in [5, 5.41) is 16.2. The lowest BCUT2D eigenvalue weighted by atomic mass is 9.87. The topological polar surface area (TPSA) is 60.1 Å². The summed E-state index contributed by atoms with van der Waals surface area (Å²) in [5.74, 6) is 0.197. The Morgan fingerprint density at radius 1 is 1.21 bits per heavy atom. The van der Waals surface area contributed by atoms with Gasteiger partial charge in [-0.15, -0.1) is 21.5 Å². The van der Waals surface area contributed by atoms with E-state index < -0.39 is 0 Å². The molecule has 28 heavy (non-hydrogen) atoms. The van der Waals surface area contributed by atoms with Gasteiger partial charge in [0.05, 0.1) is 17.0 Å². The van der Waals surface area contributed by atoms with E-state index in [-0.39, 0.29) is 11.7 Å². The Morgan fingerprint density at radius 3 is 2.86 bits per heavy atom. The minimum Gasteiger partial charge on any atom is -0.292 e. The van der Waals surface area contributed by atoms with Gasteiger partial charge >= 0.3 is 0 Å². The summed E-state index contributed by atoms with van der Waals surface area (Å²) >= 11 is 7.90. The second-order valence-electron chi connectivity index (χ2n) is 6.96. The molecule has 0 saturated heterocycles. The largest absolute Gasteiger partial charge is 0.292 e. The van der Waals surface area contributed by atoms with E-state index in [0.29, 0.717) is 22.8 Å². The highest BCUT2D eigenvalue weighted by Gasteiger charge is 2.32. The van der Waals surface area contributed by atoms with Crippen LogP contribution < -0.4 is 0 Å². The molecule has 140 valence electrons. The van der Waals surface area contributed by atoms with Crippen LogP contribution in [0.15, 0.2) is 41.8 Å². The Kier molecular flexibility index (Phi) is 4.25. The van der Waals surface area contributed by atoms with Crippen LogP contribution in [0.2, 0.25) is 5.02 Å². The average molecular weight is 409 g/mol. The van der Waals surface area contributed by atoms with Crippen LogP contribution in [0, 0.1) is 0 Å². The molecule has 5 rings (SSSR count). The average Bonchev–Trinajstić information content (AvgIpc) is 3.35. The number of halogens is 1. The van der Waals surface area contributed by atoms with Crippen molar-refractivity contribution in [3.8, 4) is 11.1 Å². The molecule has 0 radical (unpaired) electrons. The summed E-state index contributed by atoms with van der Waals surface area (Å²) in [5.41, 5.74) is 4.80. The molecule has 3 heterocycles. The fourth-order valence-electron chi connectivity index (χ4n) is 3.93. The van der Waals surface area contributed by atoms with Crippen molar-refractivity contribution >= 4 is 34.4 Å². The second kappa shape index (κ2) is 6.79. The zero-order valence-corrected chi connectivity index (χ0v) is 16.8. The Hall–Kier alpha value is -2.57. The molecule has 1 aliphatic rings. The van der Waals surface area contributed by atoms with Crippen LogP contribution in [-0.2, 0) is 12.8 Å². The Bertz CT molecular complexity index is 1200. The number of nitrogens with zero attached hydrogens (tertiary/aromatic N) is 4. The first-order chi connectivity index (χ1) is 13.7. The summed E-state index contributed by atoms with van der Waals surface area (Å²) in [6.07, 6.45) is 1.95. The van der Waals surface area contributed by atoms with Crippen molar-refractivity contribution in [2.45, 2.75) is 32.1 Å². The number of carbonyl (C=O) groups is 1. The number of benzene rings is 1. The van der Waals surface area contributed by atoms with Crippen molar-refractivity contribution < 1.29 is 4.79 Å². The van der Waals surface area contributed by atoms with Crippen molar-refractivity contribution in [3.63, 3.8) is 0 Å². The highest BCUT2D eigenvalue weighted by molar-refractivity contribution is 7.10. The molecule has 0 aliphatic heterocycles. The lowest BCUT2D eigenvalue weighted by Crippen LogP contribution is -2.23. The number of thiophene rings is 1. The van der Waals surface area contributed by atoms with E-state index in [1.165, 1.54) is 4.88 Å². The van der Waals surface area contributed by atoms with E-state index in [0.717, 1.165) is 35.4 Å². The van der Waals surface area contributed by atoms with Gasteiger partial charge in [-0.1, -0.05) is 36.7 Å². The number of Topliss-reactive ketones (excluding diaryl/α,β-unsaturated/α-hetero) is 1. The van der Waals surface area contributed by atoms with Crippen molar-refractivity contribution in [2.75, 3.05) is 0 Å². The van der Waals surface area contributed by atoms with Crippen LogP contribution >= 0.6 is 22.9 Å². The van der Waals surface area contributed by atoms with Crippen LogP contribution in [0.3, 0.4) is 0 Å². The van der Waals surface area contributed by atoms with Crippen molar-refractivity contribution in [1.29, 1.82) is 0 Å². The lowest BCUT2D eigenvalue weighted by Gasteiger charge is -2.21. The third-order valence-electron chi connectivity index (χ3n) is 5.24. The molecule has 0 unspecified atom stereocenters. The maximum atomic E-state index is 12.8. The smallest absolute Gasteiger partial charge is 0.185 e. The first-order valence-corrected chi connectivity index (χ1v) is 10.5.